The van der Waals surface area contributed by atoms with Crippen LogP contribution in [0.4, 0.5) is 5.82 Å². The first kappa shape index (κ1) is 10.1. The van der Waals surface area contributed by atoms with Crippen LogP contribution in [0.5, 0.6) is 0 Å². The Hall–Kier alpha value is -1.42. The van der Waals surface area contributed by atoms with Gasteiger partial charge >= 0.3 is 0 Å². The van der Waals surface area contributed by atoms with E-state index in [0.29, 0.717) is 5.82 Å². The Labute approximate surface area is 94.3 Å². The van der Waals surface area contributed by atoms with Gasteiger partial charge in [-0.05, 0) is 19.1 Å². The zero-order chi connectivity index (χ0) is 10.8. The predicted molar refractivity (Wildman–Crippen MR) is 65.4 cm³/mol. The van der Waals surface area contributed by atoms with Gasteiger partial charge in [0.15, 0.2) is 0 Å². The predicted octanol–water partition coefficient (Wildman–Crippen LogP) is 2.45. The van der Waals surface area contributed by atoms with Gasteiger partial charge in [-0.15, -0.1) is 0 Å². The molecule has 1 unspecified atom stereocenters. The van der Waals surface area contributed by atoms with Crippen molar-refractivity contribution in [2.24, 2.45) is 0 Å². The van der Waals surface area contributed by atoms with Gasteiger partial charge in [0.2, 0.25) is 0 Å². The normalized spacial score (nSPS) is 12.7. The van der Waals surface area contributed by atoms with Crippen LogP contribution in [0.15, 0.2) is 36.5 Å². The summed E-state index contributed by atoms with van der Waals surface area (Å²) in [7, 11) is 0. The first-order valence-electron chi connectivity index (χ1n) is 4.77. The first-order chi connectivity index (χ1) is 7.20. The van der Waals surface area contributed by atoms with Crippen molar-refractivity contribution in [1.82, 2.24) is 9.78 Å². The summed E-state index contributed by atoms with van der Waals surface area (Å²) in [5.74, 6) is 0.656. The molecule has 1 aromatic heterocycles. The number of nitrogens with zero attached hydrogens (tertiary/aromatic N) is 2. The Balaban J connectivity index is 2.47. The van der Waals surface area contributed by atoms with Gasteiger partial charge in [0.25, 0.3) is 0 Å². The van der Waals surface area contributed by atoms with E-state index in [1.165, 1.54) is 0 Å². The molecule has 15 heavy (non-hydrogen) atoms. The van der Waals surface area contributed by atoms with Crippen molar-refractivity contribution in [3.05, 3.63) is 42.1 Å². The van der Waals surface area contributed by atoms with Crippen LogP contribution in [0, 0.1) is 0 Å². The third kappa shape index (κ3) is 1.85. The number of hydrogen-bond donors (Lipinski definition) is 2. The molecule has 0 aliphatic carbocycles. The highest BCUT2D eigenvalue weighted by Crippen LogP contribution is 2.26. The van der Waals surface area contributed by atoms with E-state index >= 15 is 0 Å². The van der Waals surface area contributed by atoms with Gasteiger partial charge in [-0.3, -0.25) is 0 Å². The van der Waals surface area contributed by atoms with Crippen molar-refractivity contribution in [3.63, 3.8) is 0 Å². The maximum Gasteiger partial charge on any atom is 0.131 e. The summed E-state index contributed by atoms with van der Waals surface area (Å²) in [5, 5.41) is 4.35. The first-order valence-corrected chi connectivity index (χ1v) is 5.28. The average Bonchev–Trinajstić information content (AvgIpc) is 2.61. The molecule has 1 atom stereocenters. The topological polar surface area (TPSA) is 43.8 Å². The molecule has 0 radical (unpaired) electrons. The van der Waals surface area contributed by atoms with Gasteiger partial charge < -0.3 is 5.73 Å². The quantitative estimate of drug-likeness (QED) is 0.762. The second kappa shape index (κ2) is 3.98. The number of anilines is 1. The lowest BCUT2D eigenvalue weighted by molar-refractivity contribution is 0.891. The molecule has 0 spiro atoms. The summed E-state index contributed by atoms with van der Waals surface area (Å²) in [5.41, 5.74) is 7.92. The van der Waals surface area contributed by atoms with Crippen molar-refractivity contribution in [3.8, 4) is 5.69 Å². The number of hydrogen-bond acceptors (Lipinski definition) is 3. The van der Waals surface area contributed by atoms with Gasteiger partial charge in [-0.2, -0.15) is 17.7 Å². The van der Waals surface area contributed by atoms with Crippen LogP contribution < -0.4 is 5.73 Å². The minimum atomic E-state index is 0.0995. The number of nitrogen functional groups attached to an aromatic ring is 1. The molecule has 78 valence electrons. The highest BCUT2D eigenvalue weighted by molar-refractivity contribution is 7.80. The molecule has 0 saturated carbocycles. The highest BCUT2D eigenvalue weighted by Gasteiger charge is 2.11. The summed E-state index contributed by atoms with van der Waals surface area (Å²) >= 11 is 4.35. The standard InChI is InChI=1S/C11H13N3S/c1-8(15)10-7-13-14(11(10)12)9-5-3-2-4-6-9/h2-8,15H,12H2,1H3. The molecule has 0 aliphatic rings. The summed E-state index contributed by atoms with van der Waals surface area (Å²) in [6.45, 7) is 1.98. The number of rotatable bonds is 2. The summed E-state index contributed by atoms with van der Waals surface area (Å²) in [6.07, 6.45) is 1.76. The Morgan fingerprint density at radius 3 is 2.53 bits per heavy atom. The largest absolute Gasteiger partial charge is 0.383 e. The van der Waals surface area contributed by atoms with Crippen LogP contribution in [-0.2, 0) is 0 Å². The van der Waals surface area contributed by atoms with Crippen molar-refractivity contribution in [2.75, 3.05) is 5.73 Å². The zero-order valence-electron chi connectivity index (χ0n) is 8.46. The van der Waals surface area contributed by atoms with Crippen molar-refractivity contribution in [2.45, 2.75) is 12.2 Å². The van der Waals surface area contributed by atoms with Crippen molar-refractivity contribution >= 4 is 18.4 Å². The van der Waals surface area contributed by atoms with E-state index < -0.39 is 0 Å². The summed E-state index contributed by atoms with van der Waals surface area (Å²) in [4.78, 5) is 0. The molecule has 2 N–H and O–H groups in total. The van der Waals surface area contributed by atoms with E-state index in [-0.39, 0.29) is 5.25 Å². The lowest BCUT2D eigenvalue weighted by Crippen LogP contribution is -2.02. The van der Waals surface area contributed by atoms with Gasteiger partial charge in [-0.1, -0.05) is 18.2 Å². The van der Waals surface area contributed by atoms with Crippen LogP contribution in [0.2, 0.25) is 0 Å². The second-order valence-corrected chi connectivity index (χ2v) is 4.18. The fraction of sp³-hybridized carbons (Fsp3) is 0.182. The fourth-order valence-corrected chi connectivity index (χ4v) is 1.67. The maximum atomic E-state index is 5.99. The summed E-state index contributed by atoms with van der Waals surface area (Å²) < 4.78 is 1.72. The Bertz CT molecular complexity index is 448. The fourth-order valence-electron chi connectivity index (χ4n) is 1.47. The molecule has 0 aliphatic heterocycles. The molecule has 0 saturated heterocycles. The third-order valence-electron chi connectivity index (χ3n) is 2.29. The van der Waals surface area contributed by atoms with Crippen LogP contribution >= 0.6 is 12.6 Å². The van der Waals surface area contributed by atoms with Gasteiger partial charge in [0.05, 0.1) is 11.9 Å². The Morgan fingerprint density at radius 2 is 2.00 bits per heavy atom. The number of benzene rings is 1. The number of thiol groups is 1. The number of aromatic nitrogens is 2. The molecule has 1 heterocycles. The zero-order valence-corrected chi connectivity index (χ0v) is 9.35. The molecule has 2 aromatic rings. The van der Waals surface area contributed by atoms with E-state index in [1.807, 2.05) is 37.3 Å². The molecule has 2 rings (SSSR count). The van der Waals surface area contributed by atoms with E-state index in [4.69, 9.17) is 5.73 Å². The third-order valence-corrected chi connectivity index (χ3v) is 2.57. The SMILES string of the molecule is CC(S)c1cnn(-c2ccccc2)c1N. The van der Waals surface area contributed by atoms with E-state index in [2.05, 4.69) is 17.7 Å². The average molecular weight is 219 g/mol. The Morgan fingerprint density at radius 1 is 1.33 bits per heavy atom. The van der Waals surface area contributed by atoms with Crippen molar-refractivity contribution < 1.29 is 0 Å². The van der Waals surface area contributed by atoms with Crippen molar-refractivity contribution in [1.29, 1.82) is 0 Å². The lowest BCUT2D eigenvalue weighted by atomic mass is 10.2. The van der Waals surface area contributed by atoms with E-state index in [1.54, 1.807) is 10.9 Å². The summed E-state index contributed by atoms with van der Waals surface area (Å²) in [6, 6.07) is 9.82. The van der Waals surface area contributed by atoms with E-state index in [9.17, 15) is 0 Å². The number of nitrogens with two attached hydrogens (primary N) is 1. The molecule has 0 bridgehead atoms. The van der Waals surface area contributed by atoms with Crippen LogP contribution in [0.25, 0.3) is 5.69 Å². The van der Waals surface area contributed by atoms with Gasteiger partial charge in [0.1, 0.15) is 5.82 Å². The molecule has 1 aromatic carbocycles. The van der Waals surface area contributed by atoms with Crippen LogP contribution in [0.3, 0.4) is 0 Å². The maximum absolute atomic E-state index is 5.99. The molecular formula is C11H13N3S. The number of para-hydroxylation sites is 1. The van der Waals surface area contributed by atoms with E-state index in [0.717, 1.165) is 11.3 Å². The lowest BCUT2D eigenvalue weighted by Gasteiger charge is -2.06. The minimum absolute atomic E-state index is 0.0995. The van der Waals surface area contributed by atoms with Gasteiger partial charge in [0, 0.05) is 10.8 Å². The minimum Gasteiger partial charge on any atom is -0.383 e. The Kier molecular flexibility index (Phi) is 2.68. The van der Waals surface area contributed by atoms with Gasteiger partial charge in [-0.25, -0.2) is 4.68 Å². The molecule has 0 fully saturated rings. The van der Waals surface area contributed by atoms with Crippen LogP contribution in [0.1, 0.15) is 17.7 Å². The highest BCUT2D eigenvalue weighted by atomic mass is 32.1. The second-order valence-electron chi connectivity index (χ2n) is 3.41. The van der Waals surface area contributed by atoms with Crippen LogP contribution in [-0.4, -0.2) is 9.78 Å². The smallest absolute Gasteiger partial charge is 0.131 e. The molecule has 0 amide bonds. The molecule has 4 heteroatoms. The molecule has 3 nitrogen and oxygen atoms in total. The monoisotopic (exact) mass is 219 g/mol. The molecular weight excluding hydrogens is 206 g/mol.